The third-order valence-electron chi connectivity index (χ3n) is 3.32. The van der Waals surface area contributed by atoms with E-state index in [9.17, 15) is 26.4 Å². The molecule has 0 aliphatic rings. The number of rotatable bonds is 4. The van der Waals surface area contributed by atoms with Crippen LogP contribution >= 0.6 is 0 Å². The summed E-state index contributed by atoms with van der Waals surface area (Å²) in [6.07, 6.45) is 0. The van der Waals surface area contributed by atoms with Crippen LogP contribution in [0, 0.1) is 31.3 Å². The van der Waals surface area contributed by atoms with Crippen LogP contribution in [0.5, 0.6) is 0 Å². The van der Waals surface area contributed by atoms with Crippen molar-refractivity contribution in [2.75, 3.05) is 4.72 Å². The second-order valence-electron chi connectivity index (χ2n) is 5.07. The molecular formula is C15H12F3NO4S. The highest BCUT2D eigenvalue weighted by atomic mass is 32.2. The summed E-state index contributed by atoms with van der Waals surface area (Å²) in [6.45, 7) is 2.92. The Morgan fingerprint density at radius 2 is 1.67 bits per heavy atom. The molecule has 0 radical (unpaired) electrons. The zero-order valence-corrected chi connectivity index (χ0v) is 13.3. The van der Waals surface area contributed by atoms with Crippen LogP contribution in [0.25, 0.3) is 0 Å². The highest BCUT2D eigenvalue weighted by molar-refractivity contribution is 7.92. The van der Waals surface area contributed by atoms with E-state index in [1.807, 2.05) is 0 Å². The van der Waals surface area contributed by atoms with E-state index in [2.05, 4.69) is 0 Å². The lowest BCUT2D eigenvalue weighted by atomic mass is 10.1. The summed E-state index contributed by atoms with van der Waals surface area (Å²) in [5, 5.41) is 9.08. The largest absolute Gasteiger partial charge is 0.478 e. The Hall–Kier alpha value is -2.55. The van der Waals surface area contributed by atoms with E-state index in [-0.39, 0.29) is 11.1 Å². The summed E-state index contributed by atoms with van der Waals surface area (Å²) < 4.78 is 66.3. The second-order valence-corrected chi connectivity index (χ2v) is 6.72. The predicted molar refractivity (Wildman–Crippen MR) is 80.0 cm³/mol. The molecule has 24 heavy (non-hydrogen) atoms. The number of carbonyl (C=O) groups is 1. The number of halogens is 3. The van der Waals surface area contributed by atoms with Crippen molar-refractivity contribution < 1.29 is 31.5 Å². The average molecular weight is 359 g/mol. The lowest BCUT2D eigenvalue weighted by Gasteiger charge is -2.13. The monoisotopic (exact) mass is 359 g/mol. The van der Waals surface area contributed by atoms with Crippen molar-refractivity contribution in [3.8, 4) is 0 Å². The number of hydrogen-bond donors (Lipinski definition) is 2. The van der Waals surface area contributed by atoms with Crippen LogP contribution in [0.15, 0.2) is 29.2 Å². The molecular weight excluding hydrogens is 347 g/mol. The first-order chi connectivity index (χ1) is 11.0. The molecule has 128 valence electrons. The number of anilines is 1. The quantitative estimate of drug-likeness (QED) is 0.821. The Kier molecular flexibility index (Phi) is 4.57. The van der Waals surface area contributed by atoms with Gasteiger partial charge in [-0.3, -0.25) is 4.72 Å². The van der Waals surface area contributed by atoms with Crippen molar-refractivity contribution in [1.82, 2.24) is 0 Å². The molecule has 0 aliphatic heterocycles. The minimum Gasteiger partial charge on any atom is -0.478 e. The number of aryl methyl sites for hydroxylation is 2. The zero-order chi connectivity index (χ0) is 18.2. The molecule has 5 nitrogen and oxygen atoms in total. The fraction of sp³-hybridized carbons (Fsp3) is 0.133. The van der Waals surface area contributed by atoms with Crippen molar-refractivity contribution >= 4 is 21.7 Å². The summed E-state index contributed by atoms with van der Waals surface area (Å²) in [5.74, 6) is -6.30. The smallest absolute Gasteiger partial charge is 0.335 e. The molecule has 0 bridgehead atoms. The van der Waals surface area contributed by atoms with Crippen LogP contribution in [0.3, 0.4) is 0 Å². The van der Waals surface area contributed by atoms with Gasteiger partial charge in [-0.05, 0) is 43.2 Å². The summed E-state index contributed by atoms with van der Waals surface area (Å²) in [6, 6.07) is 3.57. The second kappa shape index (κ2) is 6.16. The summed E-state index contributed by atoms with van der Waals surface area (Å²) in [5.41, 5.74) is -0.469. The molecule has 0 saturated heterocycles. The van der Waals surface area contributed by atoms with E-state index in [0.717, 1.165) is 12.1 Å². The fourth-order valence-corrected chi connectivity index (χ4v) is 3.47. The molecule has 0 fully saturated rings. The van der Waals surface area contributed by atoms with E-state index in [0.29, 0.717) is 11.6 Å². The van der Waals surface area contributed by atoms with Gasteiger partial charge in [0.2, 0.25) is 0 Å². The molecule has 0 amide bonds. The fourth-order valence-electron chi connectivity index (χ4n) is 2.16. The molecule has 0 aromatic heterocycles. The molecule has 0 aliphatic carbocycles. The first kappa shape index (κ1) is 17.8. The Morgan fingerprint density at radius 1 is 1.04 bits per heavy atom. The Labute approximate surface area is 135 Å². The molecule has 2 rings (SSSR count). The van der Waals surface area contributed by atoms with Crippen molar-refractivity contribution in [2.24, 2.45) is 0 Å². The van der Waals surface area contributed by atoms with Gasteiger partial charge in [-0.15, -0.1) is 0 Å². The number of sulfonamides is 1. The van der Waals surface area contributed by atoms with Crippen molar-refractivity contribution in [3.05, 3.63) is 58.4 Å². The maximum absolute atomic E-state index is 13.6. The summed E-state index contributed by atoms with van der Waals surface area (Å²) in [7, 11) is -4.41. The minimum absolute atomic E-state index is 0.216. The lowest BCUT2D eigenvalue weighted by Crippen LogP contribution is -2.17. The third-order valence-corrected chi connectivity index (χ3v) is 4.83. The Balaban J connectivity index is 2.54. The zero-order valence-electron chi connectivity index (χ0n) is 12.5. The molecule has 9 heteroatoms. The molecule has 0 spiro atoms. The average Bonchev–Trinajstić information content (AvgIpc) is 2.47. The number of hydrogen-bond acceptors (Lipinski definition) is 3. The van der Waals surface area contributed by atoms with Crippen molar-refractivity contribution in [3.63, 3.8) is 0 Å². The highest BCUT2D eigenvalue weighted by Gasteiger charge is 2.23. The van der Waals surface area contributed by atoms with E-state index >= 15 is 0 Å². The van der Waals surface area contributed by atoms with Crippen LogP contribution in [0.4, 0.5) is 18.9 Å². The number of benzene rings is 2. The van der Waals surface area contributed by atoms with Crippen LogP contribution in [0.1, 0.15) is 21.5 Å². The number of carboxylic acid groups (broad SMARTS) is 1. The molecule has 0 unspecified atom stereocenters. The molecule has 0 heterocycles. The van der Waals surface area contributed by atoms with Crippen LogP contribution in [-0.4, -0.2) is 19.5 Å². The Bertz CT molecular complexity index is 942. The number of carboxylic acids is 1. The summed E-state index contributed by atoms with van der Waals surface area (Å²) >= 11 is 0. The standard InChI is InChI=1S/C15H12F3NO4S/c1-7-5-8(2)12(6-9(7)15(20)21)24(22,23)19-11-4-3-10(16)13(17)14(11)18/h3-6,19H,1-2H3,(H,20,21). The SMILES string of the molecule is Cc1cc(C)c(S(=O)(=O)Nc2ccc(F)c(F)c2F)cc1C(=O)O. The van der Waals surface area contributed by atoms with Gasteiger partial charge < -0.3 is 5.11 Å². The third kappa shape index (κ3) is 3.21. The van der Waals surface area contributed by atoms with Crippen LogP contribution < -0.4 is 4.72 Å². The summed E-state index contributed by atoms with van der Waals surface area (Å²) in [4.78, 5) is 10.7. The van der Waals surface area contributed by atoms with Gasteiger partial charge in [-0.1, -0.05) is 6.07 Å². The lowest BCUT2D eigenvalue weighted by molar-refractivity contribution is 0.0696. The molecule has 2 aromatic carbocycles. The highest BCUT2D eigenvalue weighted by Crippen LogP contribution is 2.26. The van der Waals surface area contributed by atoms with Crippen molar-refractivity contribution in [2.45, 2.75) is 18.7 Å². The molecule has 2 N–H and O–H groups in total. The van der Waals surface area contributed by atoms with Gasteiger partial charge in [0, 0.05) is 0 Å². The van der Waals surface area contributed by atoms with Gasteiger partial charge in [0.15, 0.2) is 17.5 Å². The molecule has 2 aromatic rings. The van der Waals surface area contributed by atoms with E-state index < -0.39 is 44.0 Å². The van der Waals surface area contributed by atoms with Crippen LogP contribution in [0.2, 0.25) is 0 Å². The van der Waals surface area contributed by atoms with E-state index in [4.69, 9.17) is 5.11 Å². The maximum Gasteiger partial charge on any atom is 0.335 e. The van der Waals surface area contributed by atoms with E-state index in [1.54, 1.807) is 4.72 Å². The van der Waals surface area contributed by atoms with Gasteiger partial charge >= 0.3 is 5.97 Å². The maximum atomic E-state index is 13.6. The van der Waals surface area contributed by atoms with Gasteiger partial charge in [0.05, 0.1) is 16.1 Å². The van der Waals surface area contributed by atoms with Gasteiger partial charge in [0.25, 0.3) is 10.0 Å². The molecule has 0 atom stereocenters. The van der Waals surface area contributed by atoms with Crippen molar-refractivity contribution in [1.29, 1.82) is 0 Å². The Morgan fingerprint density at radius 3 is 2.25 bits per heavy atom. The number of aromatic carboxylic acids is 1. The van der Waals surface area contributed by atoms with E-state index in [1.165, 1.54) is 19.9 Å². The van der Waals surface area contributed by atoms with Gasteiger partial charge in [-0.2, -0.15) is 0 Å². The van der Waals surface area contributed by atoms with Crippen LogP contribution in [-0.2, 0) is 10.0 Å². The normalized spacial score (nSPS) is 11.4. The molecule has 0 saturated carbocycles. The number of nitrogens with one attached hydrogen (secondary N) is 1. The minimum atomic E-state index is -4.41. The predicted octanol–water partition coefficient (Wildman–Crippen LogP) is 3.22. The first-order valence-electron chi connectivity index (χ1n) is 6.55. The van der Waals surface area contributed by atoms with Gasteiger partial charge in [0.1, 0.15) is 0 Å². The first-order valence-corrected chi connectivity index (χ1v) is 8.03. The topological polar surface area (TPSA) is 83.5 Å². The van der Waals surface area contributed by atoms with Gasteiger partial charge in [-0.25, -0.2) is 26.4 Å².